The van der Waals surface area contributed by atoms with Crippen molar-refractivity contribution in [3.63, 3.8) is 0 Å². The average molecular weight is 327 g/mol. The van der Waals surface area contributed by atoms with Crippen LogP contribution in [-0.2, 0) is 9.53 Å². The van der Waals surface area contributed by atoms with Gasteiger partial charge in [0, 0.05) is 17.6 Å². The van der Waals surface area contributed by atoms with Crippen LogP contribution in [0.3, 0.4) is 0 Å². The van der Waals surface area contributed by atoms with Crippen molar-refractivity contribution >= 4 is 29.3 Å². The molecule has 1 unspecified atom stereocenters. The molecule has 1 N–H and O–H groups in total. The summed E-state index contributed by atoms with van der Waals surface area (Å²) >= 11 is 6.05. The molecule has 6 nitrogen and oxygen atoms in total. The summed E-state index contributed by atoms with van der Waals surface area (Å²) in [6, 6.07) is 2.86. The minimum absolute atomic E-state index is 0.261. The molecule has 1 aliphatic rings. The van der Waals surface area contributed by atoms with Gasteiger partial charge in [0.25, 0.3) is 0 Å². The first-order valence-corrected chi connectivity index (χ1v) is 7.35. The first kappa shape index (κ1) is 16.4. The van der Waals surface area contributed by atoms with E-state index in [0.29, 0.717) is 29.4 Å². The van der Waals surface area contributed by atoms with Gasteiger partial charge in [0.15, 0.2) is 0 Å². The lowest BCUT2D eigenvalue weighted by atomic mass is 10.1. The number of amides is 2. The summed E-state index contributed by atoms with van der Waals surface area (Å²) < 4.78 is 9.95. The highest BCUT2D eigenvalue weighted by atomic mass is 35.5. The van der Waals surface area contributed by atoms with E-state index in [4.69, 9.17) is 21.1 Å². The fourth-order valence-corrected chi connectivity index (χ4v) is 2.67. The Kier molecular flexibility index (Phi) is 5.13. The van der Waals surface area contributed by atoms with Crippen LogP contribution in [0.2, 0.25) is 5.02 Å². The summed E-state index contributed by atoms with van der Waals surface area (Å²) in [4.78, 5) is 25.6. The first-order chi connectivity index (χ1) is 10.5. The molecule has 0 aromatic heterocycles. The maximum absolute atomic E-state index is 12.5. The third-order valence-corrected chi connectivity index (χ3v) is 4.11. The number of nitrogens with zero attached hydrogens (tertiary/aromatic N) is 1. The molecule has 2 rings (SSSR count). The van der Waals surface area contributed by atoms with Crippen LogP contribution in [-0.4, -0.2) is 43.7 Å². The molecule has 0 aliphatic carbocycles. The fraction of sp³-hybridized carbons (Fsp3) is 0.467. The van der Waals surface area contributed by atoms with E-state index in [1.807, 2.05) is 6.92 Å². The Morgan fingerprint density at radius 1 is 1.36 bits per heavy atom. The topological polar surface area (TPSA) is 67.9 Å². The number of hydrogen-bond donors (Lipinski definition) is 1. The van der Waals surface area contributed by atoms with Gasteiger partial charge in [-0.05, 0) is 31.4 Å². The van der Waals surface area contributed by atoms with E-state index < -0.39 is 12.1 Å². The van der Waals surface area contributed by atoms with Gasteiger partial charge in [-0.2, -0.15) is 0 Å². The van der Waals surface area contributed by atoms with Crippen molar-refractivity contribution in [1.82, 2.24) is 4.90 Å². The quantitative estimate of drug-likeness (QED) is 0.927. The zero-order chi connectivity index (χ0) is 16.3. The molecule has 1 heterocycles. The standard InChI is InChI=1S/C15H19ClN2O4/c1-9-7-11(13(21-2)8-10(9)16)17-14(19)12-5-4-6-18(12)15(20)22-3/h7-8,12H,4-6H2,1-3H3,(H,17,19). The predicted molar refractivity (Wildman–Crippen MR) is 83.5 cm³/mol. The lowest BCUT2D eigenvalue weighted by molar-refractivity contribution is -0.120. The highest BCUT2D eigenvalue weighted by Crippen LogP contribution is 2.31. The molecule has 1 aromatic rings. The minimum Gasteiger partial charge on any atom is -0.495 e. The Labute approximate surface area is 134 Å². The van der Waals surface area contributed by atoms with Crippen LogP contribution in [0.4, 0.5) is 10.5 Å². The molecule has 1 saturated heterocycles. The number of methoxy groups -OCH3 is 2. The van der Waals surface area contributed by atoms with Crippen LogP contribution in [0.25, 0.3) is 0 Å². The van der Waals surface area contributed by atoms with Gasteiger partial charge in [0.1, 0.15) is 11.8 Å². The molecular formula is C15H19ClN2O4. The van der Waals surface area contributed by atoms with Crippen LogP contribution in [0.15, 0.2) is 12.1 Å². The second-order valence-corrected chi connectivity index (χ2v) is 5.52. The van der Waals surface area contributed by atoms with E-state index in [-0.39, 0.29) is 5.91 Å². The number of halogens is 1. The number of hydrogen-bond acceptors (Lipinski definition) is 4. The highest BCUT2D eigenvalue weighted by Gasteiger charge is 2.35. The fourth-order valence-electron chi connectivity index (χ4n) is 2.52. The smallest absolute Gasteiger partial charge is 0.410 e. The van der Waals surface area contributed by atoms with Gasteiger partial charge >= 0.3 is 6.09 Å². The van der Waals surface area contributed by atoms with Gasteiger partial charge in [0.05, 0.1) is 19.9 Å². The molecule has 7 heteroatoms. The number of carbonyl (C=O) groups is 2. The minimum atomic E-state index is -0.534. The number of rotatable bonds is 3. The van der Waals surface area contributed by atoms with Crippen LogP contribution < -0.4 is 10.1 Å². The monoisotopic (exact) mass is 326 g/mol. The Morgan fingerprint density at radius 2 is 2.09 bits per heavy atom. The third-order valence-electron chi connectivity index (χ3n) is 3.70. The van der Waals surface area contributed by atoms with Gasteiger partial charge in [-0.1, -0.05) is 11.6 Å². The Hall–Kier alpha value is -1.95. The SMILES string of the molecule is COC(=O)N1CCCC1C(=O)Nc1cc(C)c(Cl)cc1OC. The summed E-state index contributed by atoms with van der Waals surface area (Å²) in [6.45, 7) is 2.36. The number of likely N-dealkylation sites (tertiary alicyclic amines) is 1. The zero-order valence-electron chi connectivity index (χ0n) is 12.8. The normalized spacial score (nSPS) is 17.3. The Morgan fingerprint density at radius 3 is 2.73 bits per heavy atom. The van der Waals surface area contributed by atoms with Gasteiger partial charge in [-0.3, -0.25) is 9.69 Å². The first-order valence-electron chi connectivity index (χ1n) is 6.97. The second-order valence-electron chi connectivity index (χ2n) is 5.11. The molecule has 120 valence electrons. The predicted octanol–water partition coefficient (Wildman–Crippen LogP) is 2.83. The highest BCUT2D eigenvalue weighted by molar-refractivity contribution is 6.31. The summed E-state index contributed by atoms with van der Waals surface area (Å²) in [5.41, 5.74) is 1.36. The molecule has 1 fully saturated rings. The second kappa shape index (κ2) is 6.87. The van der Waals surface area contributed by atoms with E-state index in [2.05, 4.69) is 5.32 Å². The van der Waals surface area contributed by atoms with E-state index in [9.17, 15) is 9.59 Å². The molecule has 0 bridgehead atoms. The largest absolute Gasteiger partial charge is 0.495 e. The summed E-state index contributed by atoms with van der Waals surface area (Å²) in [7, 11) is 2.81. The van der Waals surface area contributed by atoms with E-state index in [1.54, 1.807) is 12.1 Å². The van der Waals surface area contributed by atoms with Crippen LogP contribution in [0.5, 0.6) is 5.75 Å². The van der Waals surface area contributed by atoms with Gasteiger partial charge in [-0.25, -0.2) is 4.79 Å². The maximum atomic E-state index is 12.5. The van der Waals surface area contributed by atoms with Crippen LogP contribution in [0.1, 0.15) is 18.4 Å². The van der Waals surface area contributed by atoms with Crippen molar-refractivity contribution in [2.75, 3.05) is 26.1 Å². The van der Waals surface area contributed by atoms with Gasteiger partial charge in [-0.15, -0.1) is 0 Å². The maximum Gasteiger partial charge on any atom is 0.410 e. The van der Waals surface area contributed by atoms with Crippen molar-refractivity contribution in [3.05, 3.63) is 22.7 Å². The summed E-state index contributed by atoms with van der Waals surface area (Å²) in [5, 5.41) is 3.37. The number of anilines is 1. The molecule has 22 heavy (non-hydrogen) atoms. The lowest BCUT2D eigenvalue weighted by Gasteiger charge is -2.23. The lowest BCUT2D eigenvalue weighted by Crippen LogP contribution is -2.43. The molecule has 1 aliphatic heterocycles. The summed E-state index contributed by atoms with van der Waals surface area (Å²) in [6.07, 6.45) is 0.886. The van der Waals surface area contributed by atoms with Crippen LogP contribution >= 0.6 is 11.6 Å². The number of aryl methyl sites for hydroxylation is 1. The van der Waals surface area contributed by atoms with Gasteiger partial charge < -0.3 is 14.8 Å². The number of benzene rings is 1. The van der Waals surface area contributed by atoms with Crippen LogP contribution in [0, 0.1) is 6.92 Å². The van der Waals surface area contributed by atoms with Crippen molar-refractivity contribution < 1.29 is 19.1 Å². The van der Waals surface area contributed by atoms with Crippen molar-refractivity contribution in [1.29, 1.82) is 0 Å². The van der Waals surface area contributed by atoms with Gasteiger partial charge in [0.2, 0.25) is 5.91 Å². The van der Waals surface area contributed by atoms with Crippen molar-refractivity contribution in [2.45, 2.75) is 25.8 Å². The molecule has 1 atom stereocenters. The molecular weight excluding hydrogens is 308 g/mol. The van der Waals surface area contributed by atoms with E-state index in [1.165, 1.54) is 19.1 Å². The molecule has 1 aromatic carbocycles. The van der Waals surface area contributed by atoms with E-state index >= 15 is 0 Å². The third kappa shape index (κ3) is 3.27. The van der Waals surface area contributed by atoms with Crippen molar-refractivity contribution in [3.8, 4) is 5.75 Å². The zero-order valence-corrected chi connectivity index (χ0v) is 13.6. The number of carbonyl (C=O) groups excluding carboxylic acids is 2. The Balaban J connectivity index is 2.18. The summed E-state index contributed by atoms with van der Waals surface area (Å²) in [5.74, 6) is 0.217. The number of ether oxygens (including phenoxy) is 2. The molecule has 0 radical (unpaired) electrons. The van der Waals surface area contributed by atoms with E-state index in [0.717, 1.165) is 12.0 Å². The number of nitrogens with one attached hydrogen (secondary N) is 1. The van der Waals surface area contributed by atoms with Crippen molar-refractivity contribution in [2.24, 2.45) is 0 Å². The average Bonchev–Trinajstić information content (AvgIpc) is 2.99. The molecule has 2 amide bonds. The molecule has 0 spiro atoms. The molecule has 0 saturated carbocycles. The Bertz CT molecular complexity index is 591.